The molecule has 0 saturated carbocycles. The number of hydrogen-bond acceptors (Lipinski definition) is 2. The third-order valence-electron chi connectivity index (χ3n) is 1.84. The topological polar surface area (TPSA) is 29.5 Å². The summed E-state index contributed by atoms with van der Waals surface area (Å²) in [7, 11) is 1.33. The molecule has 0 spiro atoms. The highest BCUT2D eigenvalue weighted by atomic mass is 19.1. The van der Waals surface area contributed by atoms with E-state index < -0.39 is 17.7 Å². The Morgan fingerprint density at radius 3 is 2.57 bits per heavy atom. The number of aliphatic hydroxyl groups excluding tert-OH is 1. The lowest BCUT2D eigenvalue weighted by Crippen LogP contribution is -2.08. The first kappa shape index (κ1) is 10.9. The van der Waals surface area contributed by atoms with Gasteiger partial charge in [0.2, 0.25) is 0 Å². The van der Waals surface area contributed by atoms with Crippen LogP contribution in [0.3, 0.4) is 0 Å². The summed E-state index contributed by atoms with van der Waals surface area (Å²) in [5.41, 5.74) is 0.198. The Balaban J connectivity index is 3.11. The van der Waals surface area contributed by atoms with Gasteiger partial charge >= 0.3 is 0 Å². The fraction of sp³-hybridized carbons (Fsp3) is 0.400. The molecule has 0 saturated heterocycles. The molecule has 1 rings (SSSR count). The quantitative estimate of drug-likeness (QED) is 0.811. The Morgan fingerprint density at radius 1 is 1.43 bits per heavy atom. The van der Waals surface area contributed by atoms with E-state index in [9.17, 15) is 8.78 Å². The molecule has 0 heterocycles. The number of ether oxygens (including phenoxy) is 1. The van der Waals surface area contributed by atoms with Crippen LogP contribution < -0.4 is 4.74 Å². The van der Waals surface area contributed by atoms with Crippen molar-refractivity contribution in [3.63, 3.8) is 0 Å². The van der Waals surface area contributed by atoms with Crippen molar-refractivity contribution in [1.82, 2.24) is 0 Å². The van der Waals surface area contributed by atoms with E-state index in [4.69, 9.17) is 9.84 Å². The van der Waals surface area contributed by atoms with E-state index in [0.717, 1.165) is 12.1 Å². The largest absolute Gasteiger partial charge is 0.496 e. The van der Waals surface area contributed by atoms with E-state index >= 15 is 0 Å². The average molecular weight is 202 g/mol. The van der Waals surface area contributed by atoms with Gasteiger partial charge in [-0.05, 0) is 6.92 Å². The smallest absolute Gasteiger partial charge is 0.133 e. The number of hydrogen-bond donors (Lipinski definition) is 1. The van der Waals surface area contributed by atoms with Crippen molar-refractivity contribution < 1.29 is 18.6 Å². The maximum atomic E-state index is 13.2. The zero-order chi connectivity index (χ0) is 10.7. The highest BCUT2D eigenvalue weighted by Crippen LogP contribution is 2.24. The van der Waals surface area contributed by atoms with Gasteiger partial charge in [0, 0.05) is 24.1 Å². The molecule has 0 radical (unpaired) electrons. The first-order valence-corrected chi connectivity index (χ1v) is 4.24. The molecule has 0 aliphatic rings. The van der Waals surface area contributed by atoms with Gasteiger partial charge in [-0.1, -0.05) is 0 Å². The fourth-order valence-electron chi connectivity index (χ4n) is 1.26. The van der Waals surface area contributed by atoms with E-state index in [1.54, 1.807) is 0 Å². The van der Waals surface area contributed by atoms with Gasteiger partial charge in [-0.25, -0.2) is 8.78 Å². The molecule has 1 aromatic carbocycles. The lowest BCUT2D eigenvalue weighted by Gasteiger charge is -2.11. The van der Waals surface area contributed by atoms with Crippen LogP contribution in [0.15, 0.2) is 12.1 Å². The number of halogens is 2. The monoisotopic (exact) mass is 202 g/mol. The molecule has 1 atom stereocenters. The van der Waals surface area contributed by atoms with E-state index in [2.05, 4.69) is 0 Å². The Labute approximate surface area is 81.1 Å². The van der Waals surface area contributed by atoms with E-state index in [1.165, 1.54) is 14.0 Å². The minimum Gasteiger partial charge on any atom is -0.496 e. The van der Waals surface area contributed by atoms with Crippen LogP contribution in [0.1, 0.15) is 12.5 Å². The maximum absolute atomic E-state index is 13.2. The molecular weight excluding hydrogens is 190 g/mol. The molecule has 4 heteroatoms. The molecule has 0 fully saturated rings. The van der Waals surface area contributed by atoms with E-state index in [-0.39, 0.29) is 17.7 Å². The van der Waals surface area contributed by atoms with Crippen molar-refractivity contribution in [1.29, 1.82) is 0 Å². The molecule has 0 aromatic heterocycles. The summed E-state index contributed by atoms with van der Waals surface area (Å²) in [4.78, 5) is 0. The average Bonchev–Trinajstić information content (AvgIpc) is 2.08. The van der Waals surface area contributed by atoms with Crippen LogP contribution in [0.4, 0.5) is 8.78 Å². The Kier molecular flexibility index (Phi) is 3.41. The first-order chi connectivity index (χ1) is 6.54. The highest BCUT2D eigenvalue weighted by molar-refractivity contribution is 5.35. The molecule has 78 valence electrons. The Morgan fingerprint density at radius 2 is 2.07 bits per heavy atom. The molecule has 1 N–H and O–H groups in total. The van der Waals surface area contributed by atoms with Crippen LogP contribution in [-0.4, -0.2) is 18.3 Å². The minimum atomic E-state index is -0.692. The van der Waals surface area contributed by atoms with Crippen LogP contribution in [0.5, 0.6) is 5.75 Å². The molecule has 0 unspecified atom stereocenters. The standard InChI is InChI=1S/C10H12F2O2/c1-6(13)3-8-9(12)4-7(11)5-10(8)14-2/h4-6,13H,3H2,1-2H3/t6-/m0/s1. The SMILES string of the molecule is COc1cc(F)cc(F)c1C[C@H](C)O. The van der Waals surface area contributed by atoms with Crippen LogP contribution in [0, 0.1) is 11.6 Å². The fourth-order valence-corrected chi connectivity index (χ4v) is 1.26. The molecule has 0 amide bonds. The number of methoxy groups -OCH3 is 1. The van der Waals surface area contributed by atoms with Crippen LogP contribution in [-0.2, 0) is 6.42 Å². The van der Waals surface area contributed by atoms with Gasteiger partial charge in [-0.3, -0.25) is 0 Å². The second-order valence-electron chi connectivity index (χ2n) is 3.12. The molecule has 0 aliphatic heterocycles. The summed E-state index contributed by atoms with van der Waals surface area (Å²) in [5.74, 6) is -1.25. The van der Waals surface area contributed by atoms with Gasteiger partial charge < -0.3 is 9.84 Å². The van der Waals surface area contributed by atoms with Crippen molar-refractivity contribution in [2.75, 3.05) is 7.11 Å². The summed E-state index contributed by atoms with van der Waals surface area (Å²) in [6.07, 6.45) is -0.584. The van der Waals surface area contributed by atoms with Gasteiger partial charge in [0.1, 0.15) is 17.4 Å². The minimum absolute atomic E-state index is 0.106. The van der Waals surface area contributed by atoms with Gasteiger partial charge in [0.15, 0.2) is 0 Å². The van der Waals surface area contributed by atoms with E-state index in [0.29, 0.717) is 0 Å². The second-order valence-corrected chi connectivity index (χ2v) is 3.12. The maximum Gasteiger partial charge on any atom is 0.133 e. The zero-order valence-corrected chi connectivity index (χ0v) is 8.05. The summed E-state index contributed by atoms with van der Waals surface area (Å²) in [6, 6.07) is 1.88. The summed E-state index contributed by atoms with van der Waals surface area (Å²) in [5, 5.41) is 9.10. The van der Waals surface area contributed by atoms with Gasteiger partial charge in [0.05, 0.1) is 13.2 Å². The molecule has 1 aromatic rings. The summed E-state index contributed by atoms with van der Waals surface area (Å²) in [6.45, 7) is 1.53. The first-order valence-electron chi connectivity index (χ1n) is 4.24. The predicted octanol–water partition coefficient (Wildman–Crippen LogP) is 1.90. The second kappa shape index (κ2) is 4.37. The van der Waals surface area contributed by atoms with Crippen molar-refractivity contribution in [2.45, 2.75) is 19.4 Å². The van der Waals surface area contributed by atoms with Crippen LogP contribution >= 0.6 is 0 Å². The van der Waals surface area contributed by atoms with Crippen molar-refractivity contribution in [3.8, 4) is 5.75 Å². The third kappa shape index (κ3) is 2.42. The van der Waals surface area contributed by atoms with E-state index in [1.807, 2.05) is 0 Å². The predicted molar refractivity (Wildman–Crippen MR) is 48.3 cm³/mol. The summed E-state index contributed by atoms with van der Waals surface area (Å²) >= 11 is 0. The number of benzene rings is 1. The number of aliphatic hydroxyl groups is 1. The van der Waals surface area contributed by atoms with Gasteiger partial charge in [0.25, 0.3) is 0 Å². The highest BCUT2D eigenvalue weighted by Gasteiger charge is 2.13. The number of rotatable bonds is 3. The molecule has 14 heavy (non-hydrogen) atoms. The van der Waals surface area contributed by atoms with Crippen LogP contribution in [0.25, 0.3) is 0 Å². The molecular formula is C10H12F2O2. The normalized spacial score (nSPS) is 12.6. The molecule has 2 nitrogen and oxygen atoms in total. The van der Waals surface area contributed by atoms with Crippen molar-refractivity contribution in [2.24, 2.45) is 0 Å². The zero-order valence-electron chi connectivity index (χ0n) is 8.05. The lowest BCUT2D eigenvalue weighted by molar-refractivity contribution is 0.192. The van der Waals surface area contributed by atoms with Gasteiger partial charge in [-0.2, -0.15) is 0 Å². The Bertz CT molecular complexity index is 324. The van der Waals surface area contributed by atoms with Crippen LogP contribution in [0.2, 0.25) is 0 Å². The lowest BCUT2D eigenvalue weighted by atomic mass is 10.1. The third-order valence-corrected chi connectivity index (χ3v) is 1.84. The molecule has 0 bridgehead atoms. The molecule has 0 aliphatic carbocycles. The summed E-state index contributed by atoms with van der Waals surface area (Å²) < 4.78 is 30.8. The van der Waals surface area contributed by atoms with Gasteiger partial charge in [-0.15, -0.1) is 0 Å². The van der Waals surface area contributed by atoms with Crippen molar-refractivity contribution in [3.05, 3.63) is 29.3 Å². The Hall–Kier alpha value is -1.16. The van der Waals surface area contributed by atoms with Crippen molar-refractivity contribution >= 4 is 0 Å².